The van der Waals surface area contributed by atoms with Crippen LogP contribution in [0.15, 0.2) is 18.3 Å². The summed E-state index contributed by atoms with van der Waals surface area (Å²) in [7, 11) is 2.00. The molecule has 0 aromatic carbocycles. The fraction of sp³-hybridized carbons (Fsp3) is 0.632. The van der Waals surface area contributed by atoms with Crippen LogP contribution in [0.3, 0.4) is 0 Å². The van der Waals surface area contributed by atoms with Crippen LogP contribution in [0.1, 0.15) is 50.1 Å². The first kappa shape index (κ1) is 16.1. The highest BCUT2D eigenvalue weighted by molar-refractivity contribution is 5.54. The molecule has 2 aliphatic carbocycles. The minimum atomic E-state index is 0.0376. The molecule has 2 aromatic heterocycles. The predicted molar refractivity (Wildman–Crippen MR) is 99.6 cm³/mol. The first-order chi connectivity index (χ1) is 12.7. The number of anilines is 3. The third-order valence-corrected chi connectivity index (χ3v) is 6.26. The van der Waals surface area contributed by atoms with E-state index in [9.17, 15) is 5.11 Å². The Morgan fingerprint density at radius 2 is 2.19 bits per heavy atom. The number of fused-ring (bicyclic) bond motifs is 2. The highest BCUT2D eigenvalue weighted by Gasteiger charge is 2.47. The van der Waals surface area contributed by atoms with Crippen LogP contribution in [0.2, 0.25) is 0 Å². The largest absolute Gasteiger partial charge is 0.396 e. The molecular weight excluding hydrogens is 328 g/mol. The van der Waals surface area contributed by atoms with E-state index in [0.717, 1.165) is 43.4 Å². The van der Waals surface area contributed by atoms with Gasteiger partial charge in [-0.3, -0.25) is 4.68 Å². The highest BCUT2D eigenvalue weighted by atomic mass is 16.3. The second-order valence-corrected chi connectivity index (χ2v) is 8.26. The van der Waals surface area contributed by atoms with Crippen molar-refractivity contribution < 1.29 is 5.11 Å². The van der Waals surface area contributed by atoms with Gasteiger partial charge in [0.05, 0.1) is 6.61 Å². The van der Waals surface area contributed by atoms with Crippen LogP contribution in [0.5, 0.6) is 0 Å². The molecule has 138 valence electrons. The van der Waals surface area contributed by atoms with Gasteiger partial charge in [0.25, 0.3) is 0 Å². The monoisotopic (exact) mass is 354 g/mol. The van der Waals surface area contributed by atoms with E-state index in [1.165, 1.54) is 25.0 Å². The quantitative estimate of drug-likeness (QED) is 0.859. The van der Waals surface area contributed by atoms with Crippen molar-refractivity contribution in [1.82, 2.24) is 19.7 Å². The molecule has 2 N–H and O–H groups in total. The SMILES string of the molecule is Cn1nc(Nc2ccnc(N3CC4(CO)CCCC3C4)n2)cc1C1CC1. The number of aliphatic hydroxyl groups is 1. The smallest absolute Gasteiger partial charge is 0.227 e. The lowest BCUT2D eigenvalue weighted by Crippen LogP contribution is -2.31. The Labute approximate surface area is 153 Å². The lowest BCUT2D eigenvalue weighted by molar-refractivity contribution is 0.116. The molecule has 2 unspecified atom stereocenters. The maximum atomic E-state index is 9.87. The molecule has 2 aromatic rings. The van der Waals surface area contributed by atoms with Crippen molar-refractivity contribution in [1.29, 1.82) is 0 Å². The van der Waals surface area contributed by atoms with Gasteiger partial charge in [0.2, 0.25) is 5.95 Å². The van der Waals surface area contributed by atoms with Crippen molar-refractivity contribution in [3.63, 3.8) is 0 Å². The van der Waals surface area contributed by atoms with E-state index in [1.54, 1.807) is 0 Å². The summed E-state index contributed by atoms with van der Waals surface area (Å²) in [5.41, 5.74) is 1.33. The first-order valence-electron chi connectivity index (χ1n) is 9.67. The van der Waals surface area contributed by atoms with Gasteiger partial charge in [-0.05, 0) is 38.2 Å². The summed E-state index contributed by atoms with van der Waals surface area (Å²) < 4.78 is 1.97. The van der Waals surface area contributed by atoms with Crippen molar-refractivity contribution in [2.24, 2.45) is 12.5 Å². The average molecular weight is 354 g/mol. The molecule has 3 fully saturated rings. The third kappa shape index (κ3) is 2.74. The van der Waals surface area contributed by atoms with Crippen LogP contribution in [0.4, 0.5) is 17.6 Å². The molecule has 2 saturated carbocycles. The molecule has 1 saturated heterocycles. The third-order valence-electron chi connectivity index (χ3n) is 6.26. The van der Waals surface area contributed by atoms with Gasteiger partial charge < -0.3 is 15.3 Å². The summed E-state index contributed by atoms with van der Waals surface area (Å²) in [6, 6.07) is 4.46. The van der Waals surface area contributed by atoms with E-state index in [0.29, 0.717) is 12.0 Å². The molecule has 5 rings (SSSR count). The van der Waals surface area contributed by atoms with Gasteiger partial charge in [-0.2, -0.15) is 10.1 Å². The number of hydrogen-bond donors (Lipinski definition) is 2. The van der Waals surface area contributed by atoms with Crippen LogP contribution in [-0.4, -0.2) is 44.0 Å². The van der Waals surface area contributed by atoms with Gasteiger partial charge >= 0.3 is 0 Å². The highest BCUT2D eigenvalue weighted by Crippen LogP contribution is 2.46. The molecule has 26 heavy (non-hydrogen) atoms. The predicted octanol–water partition coefficient (Wildman–Crippen LogP) is 2.57. The van der Waals surface area contributed by atoms with E-state index in [1.807, 2.05) is 24.0 Å². The molecule has 3 heterocycles. The van der Waals surface area contributed by atoms with Crippen molar-refractivity contribution in [2.45, 2.75) is 50.5 Å². The molecule has 3 aliphatic rings. The average Bonchev–Trinajstić information content (AvgIpc) is 3.38. The number of aryl methyl sites for hydroxylation is 1. The Kier molecular flexibility index (Phi) is 3.67. The number of aromatic nitrogens is 4. The molecule has 2 atom stereocenters. The molecule has 0 spiro atoms. The summed E-state index contributed by atoms with van der Waals surface area (Å²) >= 11 is 0. The van der Waals surface area contributed by atoms with Gasteiger partial charge in [-0.1, -0.05) is 6.42 Å². The molecule has 7 nitrogen and oxygen atoms in total. The summed E-state index contributed by atoms with van der Waals surface area (Å²) in [5, 5.41) is 17.8. The summed E-state index contributed by atoms with van der Waals surface area (Å²) in [6.07, 6.45) is 8.83. The Hall–Kier alpha value is -2.15. The maximum Gasteiger partial charge on any atom is 0.227 e. The number of hydrogen-bond acceptors (Lipinski definition) is 6. The lowest BCUT2D eigenvalue weighted by Gasteiger charge is -2.28. The molecule has 7 heteroatoms. The minimum Gasteiger partial charge on any atom is -0.396 e. The Balaban J connectivity index is 1.37. The molecule has 1 aliphatic heterocycles. The van der Waals surface area contributed by atoms with Crippen molar-refractivity contribution in [3.05, 3.63) is 24.0 Å². The van der Waals surface area contributed by atoms with Crippen LogP contribution in [0, 0.1) is 5.41 Å². The number of rotatable bonds is 5. The van der Waals surface area contributed by atoms with Gasteiger partial charge in [-0.15, -0.1) is 0 Å². The number of nitrogens with zero attached hydrogens (tertiary/aromatic N) is 5. The molecule has 0 amide bonds. The summed E-state index contributed by atoms with van der Waals surface area (Å²) in [6.45, 7) is 1.11. The van der Waals surface area contributed by atoms with Crippen molar-refractivity contribution in [2.75, 3.05) is 23.4 Å². The Morgan fingerprint density at radius 3 is 2.96 bits per heavy atom. The molecular formula is C19H26N6O. The Bertz CT molecular complexity index is 816. The van der Waals surface area contributed by atoms with Crippen LogP contribution in [0.25, 0.3) is 0 Å². The van der Waals surface area contributed by atoms with Crippen LogP contribution in [-0.2, 0) is 7.05 Å². The second-order valence-electron chi connectivity index (χ2n) is 8.26. The topological polar surface area (TPSA) is 79.1 Å². The van der Waals surface area contributed by atoms with Crippen LogP contribution >= 0.6 is 0 Å². The Morgan fingerprint density at radius 1 is 1.31 bits per heavy atom. The fourth-order valence-corrected chi connectivity index (χ4v) is 4.74. The van der Waals surface area contributed by atoms with Crippen molar-refractivity contribution >= 4 is 17.6 Å². The first-order valence-corrected chi connectivity index (χ1v) is 9.67. The van der Waals surface area contributed by atoms with Gasteiger partial charge in [0, 0.05) is 48.9 Å². The van der Waals surface area contributed by atoms with E-state index in [4.69, 9.17) is 4.98 Å². The summed E-state index contributed by atoms with van der Waals surface area (Å²) in [5.74, 6) is 3.04. The molecule has 0 radical (unpaired) electrons. The number of aliphatic hydroxyl groups excluding tert-OH is 1. The van der Waals surface area contributed by atoms with Crippen LogP contribution < -0.4 is 10.2 Å². The zero-order valence-electron chi connectivity index (χ0n) is 15.2. The van der Waals surface area contributed by atoms with Gasteiger partial charge in [0.15, 0.2) is 5.82 Å². The minimum absolute atomic E-state index is 0.0376. The second kappa shape index (κ2) is 5.94. The van der Waals surface area contributed by atoms with E-state index < -0.39 is 0 Å². The van der Waals surface area contributed by atoms with E-state index in [-0.39, 0.29) is 12.0 Å². The lowest BCUT2D eigenvalue weighted by atomic mass is 9.76. The number of nitrogens with one attached hydrogen (secondary N) is 1. The fourth-order valence-electron chi connectivity index (χ4n) is 4.74. The molecule has 2 bridgehead atoms. The van der Waals surface area contributed by atoms with Gasteiger partial charge in [0.1, 0.15) is 5.82 Å². The zero-order chi connectivity index (χ0) is 17.7. The van der Waals surface area contributed by atoms with Gasteiger partial charge in [-0.25, -0.2) is 4.98 Å². The maximum absolute atomic E-state index is 9.87. The van der Waals surface area contributed by atoms with Crippen molar-refractivity contribution in [3.8, 4) is 0 Å². The van der Waals surface area contributed by atoms with E-state index in [2.05, 4.69) is 26.4 Å². The summed E-state index contributed by atoms with van der Waals surface area (Å²) in [4.78, 5) is 11.6. The van der Waals surface area contributed by atoms with E-state index >= 15 is 0 Å². The normalized spacial score (nSPS) is 27.8. The standard InChI is InChI=1S/C19H26N6O/c1-24-15(13-4-5-13)9-17(23-24)21-16-6-8-20-18(22-16)25-11-19(12-26)7-2-3-14(25)10-19/h6,8-9,13-14,26H,2-5,7,10-12H2,1H3,(H,20,21,22,23). The zero-order valence-corrected chi connectivity index (χ0v) is 15.2.